The zero-order valence-electron chi connectivity index (χ0n) is 9.10. The maximum absolute atomic E-state index is 11.1. The third kappa shape index (κ3) is 2.45. The Balaban J connectivity index is 3.09. The van der Waals surface area contributed by atoms with Crippen LogP contribution < -0.4 is 4.73 Å². The number of hydrogen-bond donors (Lipinski definition) is 0. The molecule has 1 heterocycles. The van der Waals surface area contributed by atoms with Gasteiger partial charge < -0.3 is 9.94 Å². The number of aromatic nitrogens is 1. The van der Waals surface area contributed by atoms with E-state index in [4.69, 9.17) is 10.00 Å². The maximum atomic E-state index is 11.1. The number of hydrogen-bond acceptors (Lipinski definition) is 3. The summed E-state index contributed by atoms with van der Waals surface area (Å²) in [7, 11) is 1.53. The molecule has 1 aromatic rings. The van der Waals surface area contributed by atoms with Crippen LogP contribution in [-0.2, 0) is 4.74 Å². The van der Waals surface area contributed by atoms with Gasteiger partial charge in [-0.1, -0.05) is 0 Å². The average molecular weight is 206 g/mol. The largest absolute Gasteiger partial charge is 0.619 e. The Morgan fingerprint density at radius 1 is 1.60 bits per heavy atom. The number of pyridine rings is 1. The minimum Gasteiger partial charge on any atom is -0.619 e. The topological polar surface area (TPSA) is 60.0 Å². The van der Waals surface area contributed by atoms with Crippen LogP contribution in [0.2, 0.25) is 0 Å². The summed E-state index contributed by atoms with van der Waals surface area (Å²) in [5, 5.41) is 20.1. The van der Waals surface area contributed by atoms with Gasteiger partial charge in [0, 0.05) is 18.7 Å². The highest BCUT2D eigenvalue weighted by Crippen LogP contribution is 2.34. The van der Waals surface area contributed by atoms with E-state index < -0.39 is 11.5 Å². The molecular weight excluding hydrogens is 192 g/mol. The molecule has 0 radical (unpaired) electrons. The van der Waals surface area contributed by atoms with E-state index in [0.717, 1.165) is 0 Å². The molecular formula is C11H14N2O2. The van der Waals surface area contributed by atoms with Crippen molar-refractivity contribution in [2.75, 3.05) is 7.11 Å². The Labute approximate surface area is 89.3 Å². The summed E-state index contributed by atoms with van der Waals surface area (Å²) in [5.41, 5.74) is 0.0462. The molecule has 1 atom stereocenters. The van der Waals surface area contributed by atoms with Crippen molar-refractivity contribution >= 4 is 0 Å². The lowest BCUT2D eigenvalue weighted by atomic mass is 9.84. The molecule has 0 saturated carbocycles. The first kappa shape index (κ1) is 11.5. The van der Waals surface area contributed by atoms with Crippen LogP contribution >= 0.6 is 0 Å². The van der Waals surface area contributed by atoms with Crippen LogP contribution in [0, 0.1) is 22.0 Å². The number of nitriles is 1. The zero-order chi connectivity index (χ0) is 11.5. The highest BCUT2D eigenvalue weighted by Gasteiger charge is 2.32. The van der Waals surface area contributed by atoms with E-state index in [2.05, 4.69) is 6.07 Å². The normalized spacial score (nSPS) is 13.2. The van der Waals surface area contributed by atoms with E-state index in [0.29, 0.717) is 10.3 Å². The molecule has 0 N–H and O–H groups in total. The van der Waals surface area contributed by atoms with Crippen LogP contribution in [0.5, 0.6) is 0 Å². The van der Waals surface area contributed by atoms with Gasteiger partial charge in [-0.2, -0.15) is 9.99 Å². The monoisotopic (exact) mass is 206 g/mol. The third-order valence-electron chi connectivity index (χ3n) is 2.28. The van der Waals surface area contributed by atoms with Gasteiger partial charge in [0.15, 0.2) is 12.4 Å². The smallest absolute Gasteiger partial charge is 0.186 e. The lowest BCUT2D eigenvalue weighted by Crippen LogP contribution is -2.29. The van der Waals surface area contributed by atoms with Crippen molar-refractivity contribution in [3.05, 3.63) is 35.3 Å². The molecule has 4 heteroatoms. The SMILES string of the molecule is COC(c1ccc[n+]([O-])c1)C(C)(C)C#N. The van der Waals surface area contributed by atoms with Crippen molar-refractivity contribution in [2.24, 2.45) is 5.41 Å². The summed E-state index contributed by atoms with van der Waals surface area (Å²) in [6.07, 6.45) is 2.42. The Bertz CT molecular complexity index is 382. The van der Waals surface area contributed by atoms with Crippen LogP contribution in [0.15, 0.2) is 24.5 Å². The minimum atomic E-state index is -0.664. The summed E-state index contributed by atoms with van der Waals surface area (Å²) in [6.45, 7) is 3.56. The van der Waals surface area contributed by atoms with Gasteiger partial charge in [-0.05, 0) is 19.9 Å². The van der Waals surface area contributed by atoms with Gasteiger partial charge in [-0.25, -0.2) is 0 Å². The van der Waals surface area contributed by atoms with Gasteiger partial charge in [0.2, 0.25) is 0 Å². The molecule has 0 fully saturated rings. The van der Waals surface area contributed by atoms with Gasteiger partial charge in [-0.15, -0.1) is 0 Å². The molecule has 0 saturated heterocycles. The van der Waals surface area contributed by atoms with Crippen molar-refractivity contribution in [3.8, 4) is 6.07 Å². The van der Waals surface area contributed by atoms with Crippen molar-refractivity contribution < 1.29 is 9.47 Å². The molecule has 0 aliphatic carbocycles. The van der Waals surface area contributed by atoms with Crippen LogP contribution in [0.4, 0.5) is 0 Å². The van der Waals surface area contributed by atoms with Crippen LogP contribution in [0.3, 0.4) is 0 Å². The van der Waals surface area contributed by atoms with E-state index in [1.807, 2.05) is 0 Å². The van der Waals surface area contributed by atoms with Crippen LogP contribution in [-0.4, -0.2) is 7.11 Å². The molecule has 0 aliphatic heterocycles. The second-order valence-electron chi connectivity index (χ2n) is 3.95. The van der Waals surface area contributed by atoms with Gasteiger partial charge in [0.05, 0.1) is 11.5 Å². The number of methoxy groups -OCH3 is 1. The fourth-order valence-electron chi connectivity index (χ4n) is 1.53. The first-order valence-corrected chi connectivity index (χ1v) is 4.64. The van der Waals surface area contributed by atoms with Crippen molar-refractivity contribution in [3.63, 3.8) is 0 Å². The fourth-order valence-corrected chi connectivity index (χ4v) is 1.53. The summed E-state index contributed by atoms with van der Waals surface area (Å²) in [4.78, 5) is 0. The molecule has 0 aliphatic rings. The maximum Gasteiger partial charge on any atom is 0.186 e. The predicted molar refractivity (Wildman–Crippen MR) is 54.5 cm³/mol. The van der Waals surface area contributed by atoms with Crippen molar-refractivity contribution in [1.82, 2.24) is 0 Å². The fraction of sp³-hybridized carbons (Fsp3) is 0.455. The quantitative estimate of drug-likeness (QED) is 0.557. The standard InChI is InChI=1S/C11H14N2O2/c1-11(2,8-12)10(15-3)9-5-4-6-13(14)7-9/h4-7,10H,1-3H3. The molecule has 1 aromatic heterocycles. The molecule has 15 heavy (non-hydrogen) atoms. The van der Waals surface area contributed by atoms with E-state index in [9.17, 15) is 5.21 Å². The molecule has 1 unspecified atom stereocenters. The molecule has 0 bridgehead atoms. The Hall–Kier alpha value is -1.60. The van der Waals surface area contributed by atoms with Crippen molar-refractivity contribution in [1.29, 1.82) is 5.26 Å². The predicted octanol–water partition coefficient (Wildman–Crippen LogP) is 1.56. The lowest BCUT2D eigenvalue weighted by molar-refractivity contribution is -0.606. The second-order valence-corrected chi connectivity index (χ2v) is 3.95. The summed E-state index contributed by atoms with van der Waals surface area (Å²) < 4.78 is 5.98. The van der Waals surface area contributed by atoms with E-state index in [1.54, 1.807) is 26.0 Å². The molecule has 0 spiro atoms. The van der Waals surface area contributed by atoms with E-state index in [1.165, 1.54) is 19.5 Å². The Morgan fingerprint density at radius 3 is 2.73 bits per heavy atom. The highest BCUT2D eigenvalue weighted by molar-refractivity contribution is 5.16. The van der Waals surface area contributed by atoms with Gasteiger partial charge in [0.25, 0.3) is 0 Å². The highest BCUT2D eigenvalue weighted by atomic mass is 16.5. The number of nitrogens with zero attached hydrogens (tertiary/aromatic N) is 2. The first-order chi connectivity index (χ1) is 7.01. The Morgan fingerprint density at radius 2 is 2.27 bits per heavy atom. The van der Waals surface area contributed by atoms with Gasteiger partial charge >= 0.3 is 0 Å². The molecule has 1 rings (SSSR count). The van der Waals surface area contributed by atoms with E-state index in [-0.39, 0.29) is 0 Å². The summed E-state index contributed by atoms with van der Waals surface area (Å²) in [5.74, 6) is 0. The Kier molecular flexibility index (Phi) is 3.28. The van der Waals surface area contributed by atoms with Crippen LogP contribution in [0.25, 0.3) is 0 Å². The third-order valence-corrected chi connectivity index (χ3v) is 2.28. The van der Waals surface area contributed by atoms with Gasteiger partial charge in [0.1, 0.15) is 6.10 Å². The van der Waals surface area contributed by atoms with Crippen LogP contribution in [0.1, 0.15) is 25.5 Å². The van der Waals surface area contributed by atoms with E-state index >= 15 is 0 Å². The zero-order valence-corrected chi connectivity index (χ0v) is 9.10. The number of rotatable bonds is 3. The first-order valence-electron chi connectivity index (χ1n) is 4.64. The molecule has 0 aromatic carbocycles. The molecule has 4 nitrogen and oxygen atoms in total. The molecule has 0 amide bonds. The van der Waals surface area contributed by atoms with Crippen molar-refractivity contribution in [2.45, 2.75) is 20.0 Å². The summed E-state index contributed by atoms with van der Waals surface area (Å²) in [6, 6.07) is 5.59. The molecule has 80 valence electrons. The van der Waals surface area contributed by atoms with Gasteiger partial charge in [-0.3, -0.25) is 0 Å². The average Bonchev–Trinajstić information content (AvgIpc) is 2.18. The lowest BCUT2D eigenvalue weighted by Gasteiger charge is -2.25. The number of ether oxygens (including phenoxy) is 1. The second kappa shape index (κ2) is 4.28. The summed E-state index contributed by atoms with van der Waals surface area (Å²) >= 11 is 0. The minimum absolute atomic E-state index is 0.399.